The summed E-state index contributed by atoms with van der Waals surface area (Å²) in [4.78, 5) is 5.36. The van der Waals surface area contributed by atoms with Gasteiger partial charge in [0.05, 0.1) is 0 Å². The zero-order chi connectivity index (χ0) is 13.1. The highest BCUT2D eigenvalue weighted by Crippen LogP contribution is 2.29. The molecule has 2 heterocycles. The van der Waals surface area contributed by atoms with E-state index in [0.29, 0.717) is 6.04 Å². The molecule has 0 aromatic heterocycles. The Morgan fingerprint density at radius 3 is 2.56 bits per heavy atom. The summed E-state index contributed by atoms with van der Waals surface area (Å²) in [6.07, 6.45) is 5.49. The number of nitrogens with zero attached hydrogens (tertiary/aromatic N) is 2. The van der Waals surface area contributed by atoms with Crippen molar-refractivity contribution in [1.29, 1.82) is 0 Å². The quantitative estimate of drug-likeness (QED) is 0.808. The predicted molar refractivity (Wildman–Crippen MR) is 78.0 cm³/mol. The molecule has 2 fully saturated rings. The van der Waals surface area contributed by atoms with E-state index < -0.39 is 0 Å². The van der Waals surface area contributed by atoms with Crippen molar-refractivity contribution in [2.45, 2.75) is 70.6 Å². The molecule has 3 nitrogen and oxygen atoms in total. The van der Waals surface area contributed by atoms with Crippen LogP contribution in [0.5, 0.6) is 0 Å². The van der Waals surface area contributed by atoms with Crippen LogP contribution in [0.1, 0.15) is 46.5 Å². The highest BCUT2D eigenvalue weighted by molar-refractivity contribution is 4.92. The summed E-state index contributed by atoms with van der Waals surface area (Å²) >= 11 is 0. The lowest BCUT2D eigenvalue weighted by atomic mass is 10.1. The molecular weight excluding hydrogens is 222 g/mol. The molecule has 3 unspecified atom stereocenters. The molecule has 0 saturated carbocycles. The Bertz CT molecular complexity index is 254. The predicted octanol–water partition coefficient (Wildman–Crippen LogP) is 1.93. The number of likely N-dealkylation sites (tertiary alicyclic amines) is 1. The highest BCUT2D eigenvalue weighted by atomic mass is 15.3. The molecule has 2 bridgehead atoms. The van der Waals surface area contributed by atoms with Crippen molar-refractivity contribution >= 4 is 0 Å². The zero-order valence-electron chi connectivity index (χ0n) is 12.7. The fourth-order valence-corrected chi connectivity index (χ4v) is 3.50. The van der Waals surface area contributed by atoms with Gasteiger partial charge in [0, 0.05) is 30.7 Å². The van der Waals surface area contributed by atoms with Gasteiger partial charge in [-0.25, -0.2) is 0 Å². The van der Waals surface area contributed by atoms with Crippen LogP contribution >= 0.6 is 0 Å². The van der Waals surface area contributed by atoms with E-state index in [9.17, 15) is 0 Å². The van der Waals surface area contributed by atoms with Gasteiger partial charge >= 0.3 is 0 Å². The summed E-state index contributed by atoms with van der Waals surface area (Å²) in [5, 5.41) is 3.54. The number of fused-ring (bicyclic) bond motifs is 2. The first kappa shape index (κ1) is 14.3. The van der Waals surface area contributed by atoms with Gasteiger partial charge in [-0.1, -0.05) is 13.8 Å². The summed E-state index contributed by atoms with van der Waals surface area (Å²) in [6, 6.07) is 3.02. The van der Waals surface area contributed by atoms with Crippen LogP contribution < -0.4 is 5.32 Å². The van der Waals surface area contributed by atoms with Crippen LogP contribution in [0.15, 0.2) is 0 Å². The SMILES string of the molecule is CC(C)NCCC(C)N1CCC2CCC(C1)N2C. The summed E-state index contributed by atoms with van der Waals surface area (Å²) in [7, 11) is 2.33. The Kier molecular flexibility index (Phi) is 5.05. The van der Waals surface area contributed by atoms with E-state index >= 15 is 0 Å². The van der Waals surface area contributed by atoms with Crippen LogP contribution in [0, 0.1) is 0 Å². The number of hydrogen-bond acceptors (Lipinski definition) is 3. The van der Waals surface area contributed by atoms with Crippen molar-refractivity contribution in [3.8, 4) is 0 Å². The van der Waals surface area contributed by atoms with Gasteiger partial charge in [0.25, 0.3) is 0 Å². The maximum Gasteiger partial charge on any atom is 0.0223 e. The average Bonchev–Trinajstić information content (AvgIpc) is 2.52. The van der Waals surface area contributed by atoms with Gasteiger partial charge in [-0.05, 0) is 52.7 Å². The minimum Gasteiger partial charge on any atom is -0.314 e. The van der Waals surface area contributed by atoms with E-state index in [1.54, 1.807) is 0 Å². The third-order valence-corrected chi connectivity index (χ3v) is 4.92. The fraction of sp³-hybridized carbons (Fsp3) is 1.00. The van der Waals surface area contributed by atoms with Gasteiger partial charge in [-0.3, -0.25) is 9.80 Å². The summed E-state index contributed by atoms with van der Waals surface area (Å²) in [5.41, 5.74) is 0. The minimum absolute atomic E-state index is 0.614. The Balaban J connectivity index is 1.78. The van der Waals surface area contributed by atoms with Crippen molar-refractivity contribution in [3.63, 3.8) is 0 Å². The second-order valence-corrected chi connectivity index (χ2v) is 6.58. The van der Waals surface area contributed by atoms with Gasteiger partial charge in [0.1, 0.15) is 0 Å². The van der Waals surface area contributed by atoms with Crippen LogP contribution in [0.3, 0.4) is 0 Å². The number of rotatable bonds is 5. The minimum atomic E-state index is 0.614. The largest absolute Gasteiger partial charge is 0.314 e. The molecule has 3 heteroatoms. The maximum atomic E-state index is 3.54. The first-order valence-electron chi connectivity index (χ1n) is 7.77. The molecule has 0 amide bonds. The standard InChI is InChI=1S/C15H31N3/c1-12(2)16-9-7-13(3)18-10-8-14-5-6-15(11-18)17(14)4/h12-16H,5-11H2,1-4H3. The van der Waals surface area contributed by atoms with E-state index in [4.69, 9.17) is 0 Å². The van der Waals surface area contributed by atoms with E-state index in [0.717, 1.165) is 24.7 Å². The molecule has 0 spiro atoms. The lowest BCUT2D eigenvalue weighted by Gasteiger charge is -2.31. The molecule has 1 N–H and O–H groups in total. The number of likely N-dealkylation sites (N-methyl/N-ethyl adjacent to an activating group) is 1. The van der Waals surface area contributed by atoms with E-state index in [-0.39, 0.29) is 0 Å². The number of nitrogens with one attached hydrogen (secondary N) is 1. The van der Waals surface area contributed by atoms with Gasteiger partial charge in [0.15, 0.2) is 0 Å². The Morgan fingerprint density at radius 2 is 1.83 bits per heavy atom. The molecular formula is C15H31N3. The Morgan fingerprint density at radius 1 is 1.11 bits per heavy atom. The average molecular weight is 253 g/mol. The smallest absolute Gasteiger partial charge is 0.0223 e. The van der Waals surface area contributed by atoms with Crippen LogP contribution in [-0.4, -0.2) is 60.6 Å². The molecule has 0 aromatic rings. The first-order chi connectivity index (χ1) is 8.58. The maximum absolute atomic E-state index is 3.54. The molecule has 18 heavy (non-hydrogen) atoms. The third-order valence-electron chi connectivity index (χ3n) is 4.92. The Hall–Kier alpha value is -0.120. The summed E-state index contributed by atoms with van der Waals surface area (Å²) < 4.78 is 0. The van der Waals surface area contributed by atoms with Gasteiger partial charge in [-0.15, -0.1) is 0 Å². The molecule has 0 radical (unpaired) electrons. The lowest BCUT2D eigenvalue weighted by Crippen LogP contribution is -2.42. The Labute approximate surface area is 113 Å². The van der Waals surface area contributed by atoms with Crippen molar-refractivity contribution in [1.82, 2.24) is 15.1 Å². The van der Waals surface area contributed by atoms with E-state index in [1.165, 1.54) is 38.8 Å². The van der Waals surface area contributed by atoms with Crippen LogP contribution in [-0.2, 0) is 0 Å². The van der Waals surface area contributed by atoms with Crippen LogP contribution in [0.25, 0.3) is 0 Å². The van der Waals surface area contributed by atoms with E-state index in [2.05, 4.69) is 42.9 Å². The monoisotopic (exact) mass is 253 g/mol. The van der Waals surface area contributed by atoms with Crippen molar-refractivity contribution < 1.29 is 0 Å². The zero-order valence-corrected chi connectivity index (χ0v) is 12.7. The molecule has 2 aliphatic rings. The van der Waals surface area contributed by atoms with Crippen molar-refractivity contribution in [2.24, 2.45) is 0 Å². The second-order valence-electron chi connectivity index (χ2n) is 6.58. The van der Waals surface area contributed by atoms with E-state index in [1.807, 2.05) is 0 Å². The van der Waals surface area contributed by atoms with Gasteiger partial charge in [0.2, 0.25) is 0 Å². The molecule has 2 saturated heterocycles. The van der Waals surface area contributed by atoms with Crippen molar-refractivity contribution in [3.05, 3.63) is 0 Å². The number of hydrogen-bond donors (Lipinski definition) is 1. The summed E-state index contributed by atoms with van der Waals surface area (Å²) in [5.74, 6) is 0. The highest BCUT2D eigenvalue weighted by Gasteiger charge is 2.35. The topological polar surface area (TPSA) is 18.5 Å². The second kappa shape index (κ2) is 6.36. The molecule has 3 atom stereocenters. The lowest BCUT2D eigenvalue weighted by molar-refractivity contribution is 0.173. The molecule has 0 aromatic carbocycles. The normalized spacial score (nSPS) is 31.8. The van der Waals surface area contributed by atoms with Crippen molar-refractivity contribution in [2.75, 3.05) is 26.7 Å². The third kappa shape index (κ3) is 3.46. The fourth-order valence-electron chi connectivity index (χ4n) is 3.50. The molecule has 2 aliphatic heterocycles. The molecule has 2 rings (SSSR count). The first-order valence-corrected chi connectivity index (χ1v) is 7.77. The van der Waals surface area contributed by atoms with Crippen LogP contribution in [0.4, 0.5) is 0 Å². The van der Waals surface area contributed by atoms with Crippen LogP contribution in [0.2, 0.25) is 0 Å². The summed E-state index contributed by atoms with van der Waals surface area (Å²) in [6.45, 7) is 10.6. The van der Waals surface area contributed by atoms with Gasteiger partial charge < -0.3 is 5.32 Å². The molecule has 106 valence electrons. The van der Waals surface area contributed by atoms with Gasteiger partial charge in [-0.2, -0.15) is 0 Å². The molecule has 0 aliphatic carbocycles.